The van der Waals surface area contributed by atoms with Gasteiger partial charge in [-0.2, -0.15) is 0 Å². The predicted molar refractivity (Wildman–Crippen MR) is 72.4 cm³/mol. The van der Waals surface area contributed by atoms with E-state index in [0.717, 1.165) is 0 Å². The minimum atomic E-state index is -3.54. The Balaban J connectivity index is 4.22. The third-order valence-electron chi connectivity index (χ3n) is 2.14. The van der Waals surface area contributed by atoms with E-state index in [-0.39, 0.29) is 17.9 Å². The van der Waals surface area contributed by atoms with Crippen LogP contribution in [0.4, 0.5) is 0 Å². The molecule has 0 saturated carbocycles. The highest BCUT2D eigenvalue weighted by Crippen LogP contribution is 2.02. The van der Waals surface area contributed by atoms with E-state index in [1.807, 2.05) is 0 Å². The Bertz CT molecular complexity index is 453. The molecule has 0 aromatic rings. The van der Waals surface area contributed by atoms with Crippen LogP contribution in [0.25, 0.3) is 0 Å². The average molecular weight is 365 g/mol. The molecule has 0 aromatic heterocycles. The van der Waals surface area contributed by atoms with Crippen LogP contribution in [0.2, 0.25) is 0 Å². The van der Waals surface area contributed by atoms with Crippen LogP contribution in [0.15, 0.2) is 0 Å². The molecule has 0 fully saturated rings. The van der Waals surface area contributed by atoms with E-state index in [1.54, 1.807) is 0 Å². The van der Waals surface area contributed by atoms with Gasteiger partial charge in [0.25, 0.3) is 0 Å². The van der Waals surface area contributed by atoms with Gasteiger partial charge >= 0.3 is 5.97 Å². The number of alkyl halides is 1. The zero-order valence-corrected chi connectivity index (χ0v) is 13.3. The van der Waals surface area contributed by atoms with Gasteiger partial charge < -0.3 is 4.74 Å². The second-order valence-corrected chi connectivity index (χ2v) is 9.07. The van der Waals surface area contributed by atoms with Crippen molar-refractivity contribution in [1.82, 2.24) is 0 Å². The lowest BCUT2D eigenvalue weighted by molar-refractivity contribution is -0.140. The van der Waals surface area contributed by atoms with Crippen LogP contribution in [0.5, 0.6) is 0 Å². The van der Waals surface area contributed by atoms with Crippen LogP contribution in [0, 0.1) is 0 Å². The molecule has 0 bridgehead atoms. The van der Waals surface area contributed by atoms with Crippen molar-refractivity contribution >= 4 is 41.6 Å². The first-order valence-corrected chi connectivity index (χ1v) is 10.0. The maximum Gasteiger partial charge on any atom is 0.306 e. The topological polar surface area (TPSA) is 94.6 Å². The third-order valence-corrected chi connectivity index (χ3v) is 6.35. The number of rotatable bonds is 9. The Kier molecular flexibility index (Phi) is 8.04. The molecule has 0 aliphatic heterocycles. The minimum Gasteiger partial charge on any atom is -0.469 e. The van der Waals surface area contributed by atoms with Gasteiger partial charge in [0.2, 0.25) is 0 Å². The SMILES string of the molecule is COC(=O)CCS(=O)(=O)CCS(=O)(=O)CCCBr. The summed E-state index contributed by atoms with van der Waals surface area (Å²) in [6.45, 7) is 0. The maximum absolute atomic E-state index is 11.5. The number of methoxy groups -OCH3 is 1. The van der Waals surface area contributed by atoms with E-state index in [1.165, 1.54) is 7.11 Å². The lowest BCUT2D eigenvalue weighted by Crippen LogP contribution is -2.22. The van der Waals surface area contributed by atoms with E-state index < -0.39 is 37.1 Å². The summed E-state index contributed by atoms with van der Waals surface area (Å²) in [6, 6.07) is 0. The molecule has 0 spiro atoms. The van der Waals surface area contributed by atoms with Crippen molar-refractivity contribution in [2.75, 3.05) is 35.5 Å². The van der Waals surface area contributed by atoms with Crippen molar-refractivity contribution < 1.29 is 26.4 Å². The van der Waals surface area contributed by atoms with E-state index in [0.29, 0.717) is 11.8 Å². The van der Waals surface area contributed by atoms with Crippen LogP contribution in [0.1, 0.15) is 12.8 Å². The van der Waals surface area contributed by atoms with Gasteiger partial charge in [-0.05, 0) is 6.42 Å². The number of hydrogen-bond acceptors (Lipinski definition) is 6. The third kappa shape index (κ3) is 8.87. The summed E-state index contributed by atoms with van der Waals surface area (Å²) >= 11 is 3.11. The van der Waals surface area contributed by atoms with Crippen molar-refractivity contribution in [3.05, 3.63) is 0 Å². The van der Waals surface area contributed by atoms with E-state index in [2.05, 4.69) is 20.7 Å². The lowest BCUT2D eigenvalue weighted by atomic mass is 10.5. The molecular weight excluding hydrogens is 348 g/mol. The zero-order chi connectivity index (χ0) is 14.2. The number of ether oxygens (including phenoxy) is 1. The molecule has 0 atom stereocenters. The fourth-order valence-electron chi connectivity index (χ4n) is 1.07. The Labute approximate surface area is 116 Å². The molecule has 0 aliphatic rings. The van der Waals surface area contributed by atoms with Crippen LogP contribution in [-0.2, 0) is 29.2 Å². The van der Waals surface area contributed by atoms with Crippen molar-refractivity contribution in [2.24, 2.45) is 0 Å². The maximum atomic E-state index is 11.5. The number of halogens is 1. The fourth-order valence-corrected chi connectivity index (χ4v) is 5.23. The monoisotopic (exact) mass is 364 g/mol. The molecule has 0 heterocycles. The fraction of sp³-hybridized carbons (Fsp3) is 0.889. The number of hydrogen-bond donors (Lipinski definition) is 0. The Morgan fingerprint density at radius 3 is 1.94 bits per heavy atom. The molecule has 0 rings (SSSR count). The smallest absolute Gasteiger partial charge is 0.306 e. The molecule has 108 valence electrons. The predicted octanol–water partition coefficient (Wildman–Crippen LogP) is 0.164. The summed E-state index contributed by atoms with van der Waals surface area (Å²) in [5.74, 6) is -1.89. The molecule has 0 unspecified atom stereocenters. The highest BCUT2D eigenvalue weighted by molar-refractivity contribution is 9.09. The van der Waals surface area contributed by atoms with E-state index >= 15 is 0 Å². The summed E-state index contributed by atoms with van der Waals surface area (Å²) in [5, 5.41) is 0.557. The van der Waals surface area contributed by atoms with Gasteiger partial charge in [-0.1, -0.05) is 15.9 Å². The Morgan fingerprint density at radius 2 is 1.50 bits per heavy atom. The number of esters is 1. The summed E-state index contributed by atoms with van der Waals surface area (Å²) in [5.41, 5.74) is 0. The van der Waals surface area contributed by atoms with Crippen LogP contribution in [-0.4, -0.2) is 58.3 Å². The van der Waals surface area contributed by atoms with Crippen molar-refractivity contribution in [3.8, 4) is 0 Å². The van der Waals surface area contributed by atoms with Gasteiger partial charge in [-0.3, -0.25) is 4.79 Å². The van der Waals surface area contributed by atoms with E-state index in [9.17, 15) is 21.6 Å². The van der Waals surface area contributed by atoms with E-state index in [4.69, 9.17) is 0 Å². The molecule has 0 aromatic carbocycles. The summed E-state index contributed by atoms with van der Waals surface area (Å²) in [6.07, 6.45) is 0.199. The minimum absolute atomic E-state index is 0.0369. The normalized spacial score (nSPS) is 12.3. The van der Waals surface area contributed by atoms with Crippen molar-refractivity contribution in [1.29, 1.82) is 0 Å². The second-order valence-electron chi connectivity index (χ2n) is 3.67. The van der Waals surface area contributed by atoms with Crippen LogP contribution in [0.3, 0.4) is 0 Å². The number of carbonyl (C=O) groups excluding carboxylic acids is 1. The number of sulfone groups is 2. The van der Waals surface area contributed by atoms with Gasteiger partial charge in [0, 0.05) is 5.33 Å². The zero-order valence-electron chi connectivity index (χ0n) is 10.1. The average Bonchev–Trinajstić information content (AvgIpc) is 2.31. The van der Waals surface area contributed by atoms with Gasteiger partial charge in [-0.15, -0.1) is 0 Å². The van der Waals surface area contributed by atoms with Gasteiger partial charge in [-0.25, -0.2) is 16.8 Å². The molecule has 0 aliphatic carbocycles. The molecule has 0 radical (unpaired) electrons. The first-order valence-electron chi connectivity index (χ1n) is 5.26. The van der Waals surface area contributed by atoms with Gasteiger partial charge in [0.05, 0.1) is 36.5 Å². The highest BCUT2D eigenvalue weighted by Gasteiger charge is 2.19. The molecular formula is C9H17BrO6S2. The molecule has 0 N–H and O–H groups in total. The molecule has 0 saturated heterocycles. The molecule has 6 nitrogen and oxygen atoms in total. The summed E-state index contributed by atoms with van der Waals surface area (Å²) < 4.78 is 50.2. The van der Waals surface area contributed by atoms with Crippen molar-refractivity contribution in [3.63, 3.8) is 0 Å². The molecule has 9 heteroatoms. The van der Waals surface area contributed by atoms with Gasteiger partial charge in [0.15, 0.2) is 19.7 Å². The standard InChI is InChI=1S/C9H17BrO6S2/c1-16-9(11)3-6-18(14,15)8-7-17(12,13)5-2-4-10/h2-8H2,1H3. The molecule has 0 amide bonds. The van der Waals surface area contributed by atoms with Crippen molar-refractivity contribution in [2.45, 2.75) is 12.8 Å². The first kappa shape index (κ1) is 17.8. The molecule has 18 heavy (non-hydrogen) atoms. The Hall–Kier alpha value is -0.150. The summed E-state index contributed by atoms with van der Waals surface area (Å²) in [4.78, 5) is 10.8. The lowest BCUT2D eigenvalue weighted by Gasteiger charge is -2.05. The first-order chi connectivity index (χ1) is 8.22. The van der Waals surface area contributed by atoms with Crippen LogP contribution < -0.4 is 0 Å². The summed E-state index contributed by atoms with van der Waals surface area (Å²) in [7, 11) is -5.72. The van der Waals surface area contributed by atoms with Gasteiger partial charge in [0.1, 0.15) is 0 Å². The van der Waals surface area contributed by atoms with Crippen LogP contribution >= 0.6 is 15.9 Å². The second kappa shape index (κ2) is 8.11. The largest absolute Gasteiger partial charge is 0.469 e. The number of carbonyl (C=O) groups is 1. The highest BCUT2D eigenvalue weighted by atomic mass is 79.9. The quantitative estimate of drug-likeness (QED) is 0.427. The Morgan fingerprint density at radius 1 is 1.00 bits per heavy atom.